The summed E-state index contributed by atoms with van der Waals surface area (Å²) in [4.78, 5) is 12.1. The van der Waals surface area contributed by atoms with Gasteiger partial charge in [-0.05, 0) is 37.5 Å². The van der Waals surface area contributed by atoms with Crippen molar-refractivity contribution in [3.05, 3.63) is 28.8 Å². The Hall–Kier alpha value is -1.07. The van der Waals surface area contributed by atoms with E-state index in [1.54, 1.807) is 12.1 Å². The molecule has 6 heteroatoms. The summed E-state index contributed by atoms with van der Waals surface area (Å²) in [7, 11) is -2.94. The highest BCUT2D eigenvalue weighted by Crippen LogP contribution is 2.24. The molecule has 0 spiro atoms. The van der Waals surface area contributed by atoms with Crippen LogP contribution in [-0.4, -0.2) is 25.8 Å². The van der Waals surface area contributed by atoms with Crippen LogP contribution in [0.5, 0.6) is 0 Å². The van der Waals surface area contributed by atoms with Crippen LogP contribution in [0.25, 0.3) is 0 Å². The Morgan fingerprint density at radius 3 is 2.58 bits per heavy atom. The van der Waals surface area contributed by atoms with E-state index in [9.17, 15) is 13.2 Å². The summed E-state index contributed by atoms with van der Waals surface area (Å²) in [5.41, 5.74) is 1.62. The average Bonchev–Trinajstić information content (AvgIpc) is 2.33. The first kappa shape index (κ1) is 14.3. The molecule has 1 amide bonds. The molecule has 104 valence electrons. The molecule has 1 fully saturated rings. The minimum absolute atomic E-state index is 0.0968. The van der Waals surface area contributed by atoms with Gasteiger partial charge in [0.2, 0.25) is 5.91 Å². The van der Waals surface area contributed by atoms with Crippen molar-refractivity contribution in [1.29, 1.82) is 0 Å². The van der Waals surface area contributed by atoms with Gasteiger partial charge in [-0.25, -0.2) is 8.42 Å². The lowest BCUT2D eigenvalue weighted by Gasteiger charge is -2.21. The predicted octanol–water partition coefficient (Wildman–Crippen LogP) is 2.41. The Kier molecular flexibility index (Phi) is 4.16. The summed E-state index contributed by atoms with van der Waals surface area (Å²) < 4.78 is 22.7. The van der Waals surface area contributed by atoms with E-state index in [0.29, 0.717) is 23.6 Å². The number of halogens is 1. The van der Waals surface area contributed by atoms with Crippen molar-refractivity contribution in [1.82, 2.24) is 0 Å². The molecule has 0 bridgehead atoms. The van der Waals surface area contributed by atoms with Crippen molar-refractivity contribution in [2.24, 2.45) is 5.92 Å². The number of amides is 1. The van der Waals surface area contributed by atoms with E-state index >= 15 is 0 Å². The lowest BCUT2D eigenvalue weighted by atomic mass is 10.0. The zero-order valence-corrected chi connectivity index (χ0v) is 12.2. The molecule has 4 nitrogen and oxygen atoms in total. The fourth-order valence-corrected chi connectivity index (χ4v) is 3.78. The van der Waals surface area contributed by atoms with Crippen molar-refractivity contribution in [2.75, 3.05) is 16.8 Å². The van der Waals surface area contributed by atoms with Crippen LogP contribution in [0.1, 0.15) is 18.4 Å². The minimum Gasteiger partial charge on any atom is -0.326 e. The van der Waals surface area contributed by atoms with Crippen molar-refractivity contribution in [3.8, 4) is 0 Å². The summed E-state index contributed by atoms with van der Waals surface area (Å²) in [6.45, 7) is 1.89. The van der Waals surface area contributed by atoms with Gasteiger partial charge in [0.1, 0.15) is 9.84 Å². The van der Waals surface area contributed by atoms with Crippen LogP contribution in [-0.2, 0) is 14.6 Å². The smallest absolute Gasteiger partial charge is 0.227 e. The standard InChI is InChI=1S/C13H16ClNO3S/c1-9-2-3-11(14)8-12(9)15-13(16)10-4-6-19(17,18)7-5-10/h2-3,8,10H,4-7H2,1H3,(H,15,16). The molecule has 1 aromatic rings. The Morgan fingerprint density at radius 2 is 1.95 bits per heavy atom. The normalized spacial score (nSPS) is 19.1. The maximum Gasteiger partial charge on any atom is 0.227 e. The first-order chi connectivity index (χ1) is 8.87. The van der Waals surface area contributed by atoms with Gasteiger partial charge >= 0.3 is 0 Å². The fourth-order valence-electron chi connectivity index (χ4n) is 2.12. The third-order valence-electron chi connectivity index (χ3n) is 3.38. The van der Waals surface area contributed by atoms with Crippen LogP contribution < -0.4 is 5.32 Å². The van der Waals surface area contributed by atoms with Gasteiger partial charge in [-0.1, -0.05) is 17.7 Å². The molecule has 1 N–H and O–H groups in total. The summed E-state index contributed by atoms with van der Waals surface area (Å²) in [6.07, 6.45) is 0.793. The van der Waals surface area contributed by atoms with Gasteiger partial charge in [-0.3, -0.25) is 4.79 Å². The molecule has 1 aliphatic heterocycles. The lowest BCUT2D eigenvalue weighted by molar-refractivity contribution is -0.120. The summed E-state index contributed by atoms with van der Waals surface area (Å²) in [6, 6.07) is 5.30. The molecule has 0 radical (unpaired) electrons. The summed E-state index contributed by atoms with van der Waals surface area (Å²) in [5, 5.41) is 3.39. The Morgan fingerprint density at radius 1 is 1.32 bits per heavy atom. The van der Waals surface area contributed by atoms with Crippen LogP contribution in [0.3, 0.4) is 0 Å². The van der Waals surface area contributed by atoms with Crippen molar-refractivity contribution in [3.63, 3.8) is 0 Å². The quantitative estimate of drug-likeness (QED) is 0.912. The predicted molar refractivity (Wildman–Crippen MR) is 76.2 cm³/mol. The molecule has 2 rings (SSSR count). The maximum absolute atomic E-state index is 12.1. The van der Waals surface area contributed by atoms with Gasteiger partial charge in [0, 0.05) is 16.6 Å². The van der Waals surface area contributed by atoms with E-state index in [0.717, 1.165) is 5.56 Å². The molecule has 0 aromatic heterocycles. The number of anilines is 1. The number of carbonyl (C=O) groups excluding carboxylic acids is 1. The van der Waals surface area contributed by atoms with Crippen LogP contribution >= 0.6 is 11.6 Å². The number of benzene rings is 1. The topological polar surface area (TPSA) is 63.2 Å². The van der Waals surface area contributed by atoms with E-state index in [4.69, 9.17) is 11.6 Å². The highest BCUT2D eigenvalue weighted by molar-refractivity contribution is 7.91. The molecule has 0 aliphatic carbocycles. The van der Waals surface area contributed by atoms with Crippen molar-refractivity contribution < 1.29 is 13.2 Å². The van der Waals surface area contributed by atoms with Crippen LogP contribution in [0.15, 0.2) is 18.2 Å². The third-order valence-corrected chi connectivity index (χ3v) is 5.33. The van der Waals surface area contributed by atoms with Crippen molar-refractivity contribution >= 4 is 33.0 Å². The molecule has 1 aliphatic rings. The number of sulfone groups is 1. The second kappa shape index (κ2) is 5.51. The van der Waals surface area contributed by atoms with Gasteiger partial charge < -0.3 is 5.32 Å². The average molecular weight is 302 g/mol. The summed E-state index contributed by atoms with van der Waals surface area (Å²) >= 11 is 5.89. The number of hydrogen-bond donors (Lipinski definition) is 1. The first-order valence-electron chi connectivity index (χ1n) is 6.15. The van der Waals surface area contributed by atoms with Crippen LogP contribution in [0, 0.1) is 12.8 Å². The third kappa shape index (κ3) is 3.70. The summed E-state index contributed by atoms with van der Waals surface area (Å²) in [5.74, 6) is -0.165. The molecule has 1 aromatic carbocycles. The van der Waals surface area contributed by atoms with Gasteiger partial charge in [0.25, 0.3) is 0 Å². The molecule has 1 heterocycles. The second-order valence-corrected chi connectivity index (χ2v) is 7.61. The number of aryl methyl sites for hydroxylation is 1. The minimum atomic E-state index is -2.94. The number of carbonyl (C=O) groups is 1. The van der Waals surface area contributed by atoms with Gasteiger partial charge in [0.05, 0.1) is 11.5 Å². The molecule has 1 saturated heterocycles. The van der Waals surface area contributed by atoms with Gasteiger partial charge in [-0.15, -0.1) is 0 Å². The van der Waals surface area contributed by atoms with Crippen molar-refractivity contribution in [2.45, 2.75) is 19.8 Å². The molecular weight excluding hydrogens is 286 g/mol. The Labute approximate surface area is 118 Å². The number of hydrogen-bond acceptors (Lipinski definition) is 3. The monoisotopic (exact) mass is 301 g/mol. The van der Waals surface area contributed by atoms with Crippen LogP contribution in [0.4, 0.5) is 5.69 Å². The van der Waals surface area contributed by atoms with Gasteiger partial charge in [-0.2, -0.15) is 0 Å². The highest BCUT2D eigenvalue weighted by atomic mass is 35.5. The van der Waals surface area contributed by atoms with E-state index in [1.807, 2.05) is 13.0 Å². The largest absolute Gasteiger partial charge is 0.326 e. The van der Waals surface area contributed by atoms with Crippen LogP contribution in [0.2, 0.25) is 5.02 Å². The molecular formula is C13H16ClNO3S. The maximum atomic E-state index is 12.1. The second-order valence-electron chi connectivity index (χ2n) is 4.87. The number of rotatable bonds is 2. The van der Waals surface area contributed by atoms with E-state index in [1.165, 1.54) is 0 Å². The van der Waals surface area contributed by atoms with E-state index in [2.05, 4.69) is 5.32 Å². The van der Waals surface area contributed by atoms with E-state index < -0.39 is 9.84 Å². The lowest BCUT2D eigenvalue weighted by Crippen LogP contribution is -2.32. The zero-order valence-electron chi connectivity index (χ0n) is 10.6. The van der Waals surface area contributed by atoms with E-state index in [-0.39, 0.29) is 23.3 Å². The molecule has 0 atom stereocenters. The highest BCUT2D eigenvalue weighted by Gasteiger charge is 2.28. The Balaban J connectivity index is 2.04. The SMILES string of the molecule is Cc1ccc(Cl)cc1NC(=O)C1CCS(=O)(=O)CC1. The number of nitrogens with one attached hydrogen (secondary N) is 1. The fraction of sp³-hybridized carbons (Fsp3) is 0.462. The zero-order chi connectivity index (χ0) is 14.0. The first-order valence-corrected chi connectivity index (χ1v) is 8.35. The molecule has 19 heavy (non-hydrogen) atoms. The molecule has 0 unspecified atom stereocenters. The molecule has 0 saturated carbocycles. The Bertz CT molecular complexity index is 584. The van der Waals surface area contributed by atoms with Gasteiger partial charge in [0.15, 0.2) is 0 Å².